The van der Waals surface area contributed by atoms with Crippen molar-refractivity contribution < 1.29 is 13.2 Å². The second kappa shape index (κ2) is 10.3. The minimum Gasteiger partial charge on any atom is -0.350 e. The number of amides is 1. The van der Waals surface area contributed by atoms with Crippen molar-refractivity contribution in [2.75, 3.05) is 10.8 Å². The topological polar surface area (TPSA) is 84.3 Å². The molecule has 0 unspecified atom stereocenters. The Morgan fingerprint density at radius 1 is 1.00 bits per heavy atom. The molecule has 4 rings (SSSR count). The first kappa shape index (κ1) is 24.5. The third-order valence-electron chi connectivity index (χ3n) is 5.70. The van der Waals surface area contributed by atoms with Gasteiger partial charge in [-0.25, -0.2) is 13.4 Å². The van der Waals surface area contributed by atoms with Crippen molar-refractivity contribution in [2.24, 2.45) is 0 Å². The zero-order valence-electron chi connectivity index (χ0n) is 19.3. The van der Waals surface area contributed by atoms with Crippen LogP contribution in [0.3, 0.4) is 0 Å². The fourth-order valence-electron chi connectivity index (χ4n) is 3.51. The third kappa shape index (κ3) is 5.72. The summed E-state index contributed by atoms with van der Waals surface area (Å²) in [4.78, 5) is 17.0. The second-order valence-corrected chi connectivity index (χ2v) is 10.4. The molecular formula is C26H25ClN4O3S. The highest BCUT2D eigenvalue weighted by Crippen LogP contribution is 2.26. The van der Waals surface area contributed by atoms with E-state index < -0.39 is 15.9 Å². The molecule has 1 aromatic heterocycles. The van der Waals surface area contributed by atoms with Crippen LogP contribution in [0, 0.1) is 13.8 Å². The Morgan fingerprint density at radius 2 is 1.71 bits per heavy atom. The van der Waals surface area contributed by atoms with Gasteiger partial charge < -0.3 is 9.88 Å². The van der Waals surface area contributed by atoms with Crippen LogP contribution in [0.15, 0.2) is 90.3 Å². The molecule has 35 heavy (non-hydrogen) atoms. The van der Waals surface area contributed by atoms with Crippen LogP contribution in [-0.4, -0.2) is 30.4 Å². The predicted octanol–water partition coefficient (Wildman–Crippen LogP) is 4.65. The number of aromatic nitrogens is 2. The molecule has 0 spiro atoms. The molecule has 0 aliphatic carbocycles. The molecule has 0 atom stereocenters. The van der Waals surface area contributed by atoms with Crippen molar-refractivity contribution >= 4 is 33.2 Å². The maximum absolute atomic E-state index is 13.5. The fraction of sp³-hybridized carbons (Fsp3) is 0.154. The zero-order valence-corrected chi connectivity index (χ0v) is 20.9. The van der Waals surface area contributed by atoms with Crippen LogP contribution in [0.5, 0.6) is 0 Å². The molecule has 4 aromatic rings. The number of anilines is 1. The molecule has 0 saturated carbocycles. The summed E-state index contributed by atoms with van der Waals surface area (Å²) in [6, 6.07) is 18.9. The molecule has 1 amide bonds. The first-order valence-corrected chi connectivity index (χ1v) is 12.8. The molecule has 1 heterocycles. The quantitative estimate of drug-likeness (QED) is 0.375. The molecule has 0 fully saturated rings. The predicted molar refractivity (Wildman–Crippen MR) is 137 cm³/mol. The first-order chi connectivity index (χ1) is 16.7. The van der Waals surface area contributed by atoms with Gasteiger partial charge in [0, 0.05) is 29.6 Å². The van der Waals surface area contributed by atoms with Gasteiger partial charge in [0.25, 0.3) is 10.0 Å². The molecular weight excluding hydrogens is 484 g/mol. The molecule has 0 radical (unpaired) electrons. The Hall–Kier alpha value is -3.62. The van der Waals surface area contributed by atoms with Gasteiger partial charge in [0.05, 0.1) is 16.9 Å². The van der Waals surface area contributed by atoms with Gasteiger partial charge in [-0.1, -0.05) is 29.8 Å². The molecule has 0 bridgehead atoms. The van der Waals surface area contributed by atoms with E-state index in [1.807, 2.05) is 54.9 Å². The lowest BCUT2D eigenvalue weighted by molar-refractivity contribution is -0.119. The molecule has 0 aliphatic heterocycles. The van der Waals surface area contributed by atoms with E-state index in [4.69, 9.17) is 11.6 Å². The normalized spacial score (nSPS) is 11.3. The van der Waals surface area contributed by atoms with Crippen molar-refractivity contribution in [2.45, 2.75) is 25.3 Å². The molecule has 0 saturated heterocycles. The van der Waals surface area contributed by atoms with Crippen molar-refractivity contribution in [3.63, 3.8) is 0 Å². The monoisotopic (exact) mass is 508 g/mol. The van der Waals surface area contributed by atoms with Gasteiger partial charge in [-0.05, 0) is 79.1 Å². The van der Waals surface area contributed by atoms with E-state index in [9.17, 15) is 13.2 Å². The number of hydrogen-bond acceptors (Lipinski definition) is 4. The van der Waals surface area contributed by atoms with Crippen molar-refractivity contribution in [1.29, 1.82) is 0 Å². The highest BCUT2D eigenvalue weighted by atomic mass is 35.5. The number of aryl methyl sites for hydroxylation is 2. The minimum absolute atomic E-state index is 0.0584. The minimum atomic E-state index is -4.00. The lowest BCUT2D eigenvalue weighted by Gasteiger charge is -2.25. The van der Waals surface area contributed by atoms with E-state index in [1.54, 1.807) is 24.7 Å². The maximum Gasteiger partial charge on any atom is 0.264 e. The first-order valence-electron chi connectivity index (χ1n) is 10.9. The second-order valence-electron chi connectivity index (χ2n) is 8.15. The van der Waals surface area contributed by atoms with E-state index in [2.05, 4.69) is 10.3 Å². The van der Waals surface area contributed by atoms with Crippen LogP contribution in [-0.2, 0) is 21.4 Å². The summed E-state index contributed by atoms with van der Waals surface area (Å²) in [7, 11) is -4.00. The van der Waals surface area contributed by atoms with Gasteiger partial charge >= 0.3 is 0 Å². The Morgan fingerprint density at radius 3 is 2.34 bits per heavy atom. The van der Waals surface area contributed by atoms with E-state index in [0.717, 1.165) is 26.7 Å². The summed E-state index contributed by atoms with van der Waals surface area (Å²) in [5.41, 5.74) is 4.22. The summed E-state index contributed by atoms with van der Waals surface area (Å²) in [5.74, 6) is -0.417. The Labute approximate surface area is 210 Å². The number of hydrogen-bond donors (Lipinski definition) is 1. The summed E-state index contributed by atoms with van der Waals surface area (Å²) >= 11 is 5.94. The number of nitrogens with zero attached hydrogens (tertiary/aromatic N) is 3. The average molecular weight is 509 g/mol. The number of rotatable bonds is 8. The van der Waals surface area contributed by atoms with E-state index >= 15 is 0 Å². The van der Waals surface area contributed by atoms with Crippen LogP contribution in [0.4, 0.5) is 5.69 Å². The molecule has 180 valence electrons. The van der Waals surface area contributed by atoms with Crippen LogP contribution < -0.4 is 9.62 Å². The standard InChI is InChI=1S/C26H25ClN4O3S/c1-19-3-8-24(15-20(19)2)31(35(33,34)25-11-6-22(27)7-12-25)17-26(32)29-16-21-4-9-23(10-5-21)30-14-13-28-18-30/h3-15,18H,16-17H2,1-2H3,(H,29,32). The number of carbonyl (C=O) groups is 1. The molecule has 0 aliphatic rings. The number of imidazole rings is 1. The average Bonchev–Trinajstić information content (AvgIpc) is 3.39. The molecule has 1 N–H and O–H groups in total. The number of benzene rings is 3. The van der Waals surface area contributed by atoms with Crippen molar-refractivity contribution in [1.82, 2.24) is 14.9 Å². The third-order valence-corrected chi connectivity index (χ3v) is 7.74. The number of sulfonamides is 1. The number of halogens is 1. The van der Waals surface area contributed by atoms with Crippen LogP contribution >= 0.6 is 11.6 Å². The van der Waals surface area contributed by atoms with Crippen LogP contribution in [0.25, 0.3) is 5.69 Å². The summed E-state index contributed by atoms with van der Waals surface area (Å²) in [6.07, 6.45) is 5.26. The van der Waals surface area contributed by atoms with Gasteiger partial charge in [0.2, 0.25) is 5.91 Å². The Bertz CT molecular complexity index is 1420. The lowest BCUT2D eigenvalue weighted by atomic mass is 10.1. The summed E-state index contributed by atoms with van der Waals surface area (Å²) in [5, 5.41) is 3.26. The van der Waals surface area contributed by atoms with Gasteiger partial charge in [0.15, 0.2) is 0 Å². The van der Waals surface area contributed by atoms with Crippen molar-refractivity contribution in [3.8, 4) is 5.69 Å². The SMILES string of the molecule is Cc1ccc(N(CC(=O)NCc2ccc(-n3ccnc3)cc2)S(=O)(=O)c2ccc(Cl)cc2)cc1C. The van der Waals surface area contributed by atoms with E-state index in [1.165, 1.54) is 24.3 Å². The Kier molecular flexibility index (Phi) is 7.23. The smallest absolute Gasteiger partial charge is 0.264 e. The lowest BCUT2D eigenvalue weighted by Crippen LogP contribution is -2.40. The van der Waals surface area contributed by atoms with Crippen LogP contribution in [0.1, 0.15) is 16.7 Å². The number of nitrogens with one attached hydrogen (secondary N) is 1. The molecule has 9 heteroatoms. The van der Waals surface area contributed by atoms with E-state index in [0.29, 0.717) is 10.7 Å². The Balaban J connectivity index is 1.53. The summed E-state index contributed by atoms with van der Waals surface area (Å²) < 4.78 is 30.0. The number of carbonyl (C=O) groups excluding carboxylic acids is 1. The highest BCUT2D eigenvalue weighted by Gasteiger charge is 2.27. The van der Waals surface area contributed by atoms with Crippen LogP contribution in [0.2, 0.25) is 5.02 Å². The van der Waals surface area contributed by atoms with Crippen molar-refractivity contribution in [3.05, 3.63) is 107 Å². The van der Waals surface area contributed by atoms with Gasteiger partial charge in [-0.2, -0.15) is 0 Å². The van der Waals surface area contributed by atoms with Gasteiger partial charge in [0.1, 0.15) is 6.54 Å². The molecule has 7 nitrogen and oxygen atoms in total. The zero-order chi connectivity index (χ0) is 25.0. The highest BCUT2D eigenvalue weighted by molar-refractivity contribution is 7.92. The van der Waals surface area contributed by atoms with Gasteiger partial charge in [-0.15, -0.1) is 0 Å². The van der Waals surface area contributed by atoms with Gasteiger partial charge in [-0.3, -0.25) is 9.10 Å². The largest absolute Gasteiger partial charge is 0.350 e. The molecule has 3 aromatic carbocycles. The van der Waals surface area contributed by atoms with E-state index in [-0.39, 0.29) is 18.0 Å². The fourth-order valence-corrected chi connectivity index (χ4v) is 5.05. The maximum atomic E-state index is 13.5. The summed E-state index contributed by atoms with van der Waals surface area (Å²) in [6.45, 7) is 3.76.